The van der Waals surface area contributed by atoms with Crippen molar-refractivity contribution in [3.05, 3.63) is 0 Å². The topological polar surface area (TPSA) is 34.1 Å². The predicted molar refractivity (Wildman–Crippen MR) is 109 cm³/mol. The zero-order valence-corrected chi connectivity index (χ0v) is 17.2. The highest BCUT2D eigenvalue weighted by Crippen LogP contribution is 2.16. The Labute approximate surface area is 157 Å². The first-order valence-corrected chi connectivity index (χ1v) is 11.2. The molecule has 148 valence electrons. The van der Waals surface area contributed by atoms with Crippen LogP contribution in [0.2, 0.25) is 0 Å². The lowest BCUT2D eigenvalue weighted by atomic mass is 9.94. The normalized spacial score (nSPS) is 12.2. The molecule has 0 aliphatic carbocycles. The van der Waals surface area contributed by atoms with Crippen molar-refractivity contribution >= 4 is 12.1 Å². The summed E-state index contributed by atoms with van der Waals surface area (Å²) in [5, 5.41) is 0. The number of rotatable bonds is 20. The molecular formula is C23H44O2. The predicted octanol–water partition coefficient (Wildman–Crippen LogP) is 7.43. The summed E-state index contributed by atoms with van der Waals surface area (Å²) in [4.78, 5) is 23.4. The van der Waals surface area contributed by atoms with E-state index in [1.165, 1.54) is 83.5 Å². The Morgan fingerprint density at radius 3 is 1.48 bits per heavy atom. The fraction of sp³-hybridized carbons (Fsp3) is 0.913. The highest BCUT2D eigenvalue weighted by atomic mass is 16.1. The zero-order valence-electron chi connectivity index (χ0n) is 17.2. The highest BCUT2D eigenvalue weighted by Gasteiger charge is 2.16. The number of carbonyl (C=O) groups excluding carboxylic acids is 2. The summed E-state index contributed by atoms with van der Waals surface area (Å²) in [5.74, 6) is -0.145. The monoisotopic (exact) mass is 352 g/mol. The van der Waals surface area contributed by atoms with E-state index in [1.807, 2.05) is 0 Å². The van der Waals surface area contributed by atoms with Crippen LogP contribution in [0, 0.1) is 5.92 Å². The van der Waals surface area contributed by atoms with Crippen molar-refractivity contribution < 1.29 is 9.59 Å². The second kappa shape index (κ2) is 19.7. The van der Waals surface area contributed by atoms with Crippen molar-refractivity contribution in [1.82, 2.24) is 0 Å². The second-order valence-electron chi connectivity index (χ2n) is 7.70. The number of aldehydes is 1. The van der Waals surface area contributed by atoms with Gasteiger partial charge in [0.15, 0.2) is 0 Å². The number of hydrogen-bond donors (Lipinski definition) is 0. The summed E-state index contributed by atoms with van der Waals surface area (Å²) < 4.78 is 0. The van der Waals surface area contributed by atoms with Gasteiger partial charge in [-0.2, -0.15) is 0 Å². The summed E-state index contributed by atoms with van der Waals surface area (Å²) in [5.41, 5.74) is 0. The molecule has 2 heteroatoms. The Bertz CT molecular complexity index is 298. The van der Waals surface area contributed by atoms with E-state index in [0.29, 0.717) is 6.42 Å². The van der Waals surface area contributed by atoms with Gasteiger partial charge in [-0.1, -0.05) is 110 Å². The molecule has 0 bridgehead atoms. The van der Waals surface area contributed by atoms with Gasteiger partial charge in [-0.3, -0.25) is 4.79 Å². The Balaban J connectivity index is 3.53. The Morgan fingerprint density at radius 2 is 1.04 bits per heavy atom. The molecule has 2 nitrogen and oxygen atoms in total. The van der Waals surface area contributed by atoms with Gasteiger partial charge in [0.05, 0.1) is 5.92 Å². The van der Waals surface area contributed by atoms with Gasteiger partial charge in [0.1, 0.15) is 12.1 Å². The maximum atomic E-state index is 12.2. The average Bonchev–Trinajstić information content (AvgIpc) is 2.62. The van der Waals surface area contributed by atoms with Crippen LogP contribution in [0.15, 0.2) is 0 Å². The van der Waals surface area contributed by atoms with Crippen LogP contribution in [0.3, 0.4) is 0 Å². The molecule has 0 radical (unpaired) electrons. The molecule has 0 amide bonds. The lowest BCUT2D eigenvalue weighted by molar-refractivity contribution is -0.127. The molecule has 25 heavy (non-hydrogen) atoms. The second-order valence-corrected chi connectivity index (χ2v) is 7.70. The quantitative estimate of drug-likeness (QED) is 0.130. The molecule has 0 aliphatic heterocycles. The van der Waals surface area contributed by atoms with E-state index in [9.17, 15) is 9.59 Å². The van der Waals surface area contributed by atoms with Crippen molar-refractivity contribution in [3.8, 4) is 0 Å². The van der Waals surface area contributed by atoms with Crippen molar-refractivity contribution in [3.63, 3.8) is 0 Å². The van der Waals surface area contributed by atoms with E-state index in [2.05, 4.69) is 13.8 Å². The van der Waals surface area contributed by atoms with Crippen LogP contribution in [0.25, 0.3) is 0 Å². The van der Waals surface area contributed by atoms with Gasteiger partial charge in [0, 0.05) is 6.42 Å². The van der Waals surface area contributed by atoms with E-state index in [0.717, 1.165) is 32.0 Å². The summed E-state index contributed by atoms with van der Waals surface area (Å²) >= 11 is 0. The average molecular weight is 353 g/mol. The van der Waals surface area contributed by atoms with Crippen LogP contribution in [0.4, 0.5) is 0 Å². The summed E-state index contributed by atoms with van der Waals surface area (Å²) in [6.07, 6.45) is 22.3. The van der Waals surface area contributed by atoms with Crippen molar-refractivity contribution in [1.29, 1.82) is 0 Å². The van der Waals surface area contributed by atoms with Gasteiger partial charge in [-0.25, -0.2) is 0 Å². The third-order valence-corrected chi connectivity index (χ3v) is 5.22. The molecule has 0 N–H and O–H groups in total. The minimum Gasteiger partial charge on any atom is -0.303 e. The van der Waals surface area contributed by atoms with Crippen LogP contribution in [-0.2, 0) is 9.59 Å². The minimum absolute atomic E-state index is 0.184. The fourth-order valence-corrected chi connectivity index (χ4v) is 3.42. The van der Waals surface area contributed by atoms with Crippen LogP contribution in [-0.4, -0.2) is 12.1 Å². The van der Waals surface area contributed by atoms with Gasteiger partial charge in [-0.15, -0.1) is 0 Å². The van der Waals surface area contributed by atoms with E-state index in [1.54, 1.807) is 0 Å². The van der Waals surface area contributed by atoms with Gasteiger partial charge >= 0.3 is 0 Å². The molecule has 0 heterocycles. The molecule has 1 unspecified atom stereocenters. The zero-order chi connectivity index (χ0) is 18.6. The standard InChI is InChI=1S/C23H44O2/c1-3-5-7-9-11-13-15-17-19-22(21-24)23(25)20-18-16-14-12-10-8-6-4-2/h21-22H,3-20H2,1-2H3. The molecule has 0 rings (SSSR count). The first-order valence-electron chi connectivity index (χ1n) is 11.2. The molecule has 0 fully saturated rings. The summed E-state index contributed by atoms with van der Waals surface area (Å²) in [6.45, 7) is 4.48. The van der Waals surface area contributed by atoms with Crippen molar-refractivity contribution in [2.24, 2.45) is 5.92 Å². The van der Waals surface area contributed by atoms with Gasteiger partial charge in [0.2, 0.25) is 0 Å². The minimum atomic E-state index is -0.329. The van der Waals surface area contributed by atoms with Crippen molar-refractivity contribution in [2.75, 3.05) is 0 Å². The lowest BCUT2D eigenvalue weighted by Gasteiger charge is -2.09. The number of Topliss-reactive ketones (excluding diaryl/α,β-unsaturated/α-hetero) is 1. The molecule has 0 saturated heterocycles. The molecule has 0 aliphatic rings. The smallest absolute Gasteiger partial charge is 0.143 e. The maximum absolute atomic E-state index is 12.2. The Hall–Kier alpha value is -0.660. The SMILES string of the molecule is CCCCCCCCCCC(=O)C(C=O)CCCCCCCCCC. The molecular weight excluding hydrogens is 308 g/mol. The van der Waals surface area contributed by atoms with Crippen LogP contribution >= 0.6 is 0 Å². The van der Waals surface area contributed by atoms with Crippen molar-refractivity contribution in [2.45, 2.75) is 129 Å². The number of ketones is 1. The first kappa shape index (κ1) is 24.3. The number of carbonyl (C=O) groups is 2. The Morgan fingerprint density at radius 1 is 0.640 bits per heavy atom. The highest BCUT2D eigenvalue weighted by molar-refractivity contribution is 5.93. The van der Waals surface area contributed by atoms with E-state index in [4.69, 9.17) is 0 Å². The third-order valence-electron chi connectivity index (χ3n) is 5.22. The number of unbranched alkanes of at least 4 members (excludes halogenated alkanes) is 14. The fourth-order valence-electron chi connectivity index (χ4n) is 3.42. The molecule has 0 aromatic carbocycles. The van der Waals surface area contributed by atoms with Crippen LogP contribution in [0.1, 0.15) is 129 Å². The largest absolute Gasteiger partial charge is 0.303 e. The van der Waals surface area contributed by atoms with E-state index >= 15 is 0 Å². The van der Waals surface area contributed by atoms with Gasteiger partial charge < -0.3 is 4.79 Å². The lowest BCUT2D eigenvalue weighted by Crippen LogP contribution is -2.15. The molecule has 0 aromatic rings. The van der Waals surface area contributed by atoms with Crippen LogP contribution in [0.5, 0.6) is 0 Å². The van der Waals surface area contributed by atoms with E-state index < -0.39 is 0 Å². The third kappa shape index (κ3) is 16.6. The Kier molecular flexibility index (Phi) is 19.1. The van der Waals surface area contributed by atoms with Gasteiger partial charge in [-0.05, 0) is 12.8 Å². The molecule has 1 atom stereocenters. The van der Waals surface area contributed by atoms with E-state index in [-0.39, 0.29) is 11.7 Å². The van der Waals surface area contributed by atoms with Gasteiger partial charge in [0.25, 0.3) is 0 Å². The number of hydrogen-bond acceptors (Lipinski definition) is 2. The summed E-state index contributed by atoms with van der Waals surface area (Å²) in [6, 6.07) is 0. The van der Waals surface area contributed by atoms with Crippen LogP contribution < -0.4 is 0 Å². The molecule has 0 saturated carbocycles. The summed E-state index contributed by atoms with van der Waals surface area (Å²) in [7, 11) is 0. The molecule has 0 spiro atoms. The first-order chi connectivity index (χ1) is 12.3. The molecule has 0 aromatic heterocycles. The maximum Gasteiger partial charge on any atom is 0.143 e.